The monoisotopic (exact) mass is 538 g/mol. The summed E-state index contributed by atoms with van der Waals surface area (Å²) < 4.78 is 23.0. The highest BCUT2D eigenvalue weighted by atomic mass is 19.1. The number of aromatic amines is 1. The van der Waals surface area contributed by atoms with Crippen molar-refractivity contribution in [3.8, 4) is 11.5 Å². The van der Waals surface area contributed by atoms with E-state index in [-0.39, 0.29) is 30.2 Å². The fourth-order valence-electron chi connectivity index (χ4n) is 5.37. The van der Waals surface area contributed by atoms with Gasteiger partial charge in [0, 0.05) is 57.3 Å². The molecule has 1 unspecified atom stereocenters. The molecule has 0 aliphatic carbocycles. The zero-order valence-corrected chi connectivity index (χ0v) is 23.4. The average molecular weight is 539 g/mol. The Kier molecular flexibility index (Phi) is 7.79. The van der Waals surface area contributed by atoms with Gasteiger partial charge in [0.2, 0.25) is 0 Å². The fraction of sp³-hybridized carbons (Fsp3) is 0.536. The number of imidazole rings is 1. The van der Waals surface area contributed by atoms with Crippen LogP contribution in [0.4, 0.5) is 20.6 Å². The Morgan fingerprint density at radius 3 is 2.67 bits per heavy atom. The van der Waals surface area contributed by atoms with E-state index in [1.165, 1.54) is 6.07 Å². The van der Waals surface area contributed by atoms with Gasteiger partial charge in [-0.2, -0.15) is 5.10 Å². The molecule has 0 spiro atoms. The summed E-state index contributed by atoms with van der Waals surface area (Å²) in [7, 11) is 2.01. The van der Waals surface area contributed by atoms with Crippen molar-refractivity contribution in [2.75, 3.05) is 37.0 Å². The van der Waals surface area contributed by atoms with E-state index in [0.29, 0.717) is 47.1 Å². The second-order valence-corrected chi connectivity index (χ2v) is 10.9. The molecule has 2 aromatic heterocycles. The predicted molar refractivity (Wildman–Crippen MR) is 151 cm³/mol. The van der Waals surface area contributed by atoms with E-state index in [1.807, 2.05) is 52.0 Å². The maximum absolute atomic E-state index is 15.2. The number of hydrogen-bond donors (Lipinski definition) is 2. The molecule has 2 N–H and O–H groups in total. The van der Waals surface area contributed by atoms with Gasteiger partial charge in [-0.15, -0.1) is 0 Å². The lowest BCUT2D eigenvalue weighted by Gasteiger charge is -2.30. The van der Waals surface area contributed by atoms with Crippen molar-refractivity contribution in [2.45, 2.75) is 71.7 Å². The minimum atomic E-state index is -0.328. The van der Waals surface area contributed by atoms with Gasteiger partial charge in [-0.1, -0.05) is 0 Å². The van der Waals surface area contributed by atoms with Crippen molar-refractivity contribution >= 4 is 28.4 Å². The van der Waals surface area contributed by atoms with Crippen molar-refractivity contribution in [1.29, 1.82) is 0 Å². The van der Waals surface area contributed by atoms with Gasteiger partial charge in [0.15, 0.2) is 11.5 Å². The van der Waals surface area contributed by atoms with Crippen LogP contribution in [0, 0.1) is 5.82 Å². The number of nitrogens with zero attached hydrogens (tertiary/aromatic N) is 6. The molecule has 1 fully saturated rings. The van der Waals surface area contributed by atoms with Crippen molar-refractivity contribution in [2.24, 2.45) is 0 Å². The normalized spacial score (nSPS) is 18.3. The molecule has 3 aromatic rings. The first-order chi connectivity index (χ1) is 18.7. The molecular formula is C28H39FN8O2. The van der Waals surface area contributed by atoms with Crippen molar-refractivity contribution in [3.05, 3.63) is 36.5 Å². The number of nitrogens with one attached hydrogen (secondary N) is 2. The molecule has 210 valence electrons. The second-order valence-electron chi connectivity index (χ2n) is 10.9. The number of aromatic nitrogens is 4. The maximum Gasteiger partial charge on any atom is 0.322 e. The molecule has 11 heteroatoms. The van der Waals surface area contributed by atoms with Gasteiger partial charge in [-0.25, -0.2) is 18.9 Å². The van der Waals surface area contributed by atoms with Gasteiger partial charge in [0.1, 0.15) is 12.0 Å². The SMILES string of the molecule is CC(C)N(C(=O)Nc1cn(C2CCCCO2)nc1-c1nc2cc(N3C=CN(C)CCC3)c(F)cc2[nH]1)C(C)C. The van der Waals surface area contributed by atoms with Crippen LogP contribution in [0.15, 0.2) is 30.7 Å². The summed E-state index contributed by atoms with van der Waals surface area (Å²) in [5.74, 6) is 0.129. The maximum atomic E-state index is 15.2. The van der Waals surface area contributed by atoms with Crippen LogP contribution in [0.1, 0.15) is 59.6 Å². The van der Waals surface area contributed by atoms with Gasteiger partial charge in [-0.05, 0) is 59.4 Å². The topological polar surface area (TPSA) is 94.5 Å². The van der Waals surface area contributed by atoms with E-state index >= 15 is 4.39 Å². The molecule has 1 aromatic carbocycles. The Bertz CT molecular complexity index is 1330. The van der Waals surface area contributed by atoms with Crippen LogP contribution in [-0.2, 0) is 4.74 Å². The number of amides is 2. The first-order valence-electron chi connectivity index (χ1n) is 13.9. The third-order valence-corrected chi connectivity index (χ3v) is 7.27. The summed E-state index contributed by atoms with van der Waals surface area (Å²) in [5.41, 5.74) is 2.68. The van der Waals surface area contributed by atoms with Crippen LogP contribution in [-0.4, -0.2) is 74.4 Å². The van der Waals surface area contributed by atoms with E-state index in [0.717, 1.165) is 32.2 Å². The number of carbonyl (C=O) groups is 1. The van der Waals surface area contributed by atoms with E-state index < -0.39 is 0 Å². The zero-order chi connectivity index (χ0) is 27.7. The van der Waals surface area contributed by atoms with E-state index in [4.69, 9.17) is 14.8 Å². The third-order valence-electron chi connectivity index (χ3n) is 7.27. The molecule has 10 nitrogen and oxygen atoms in total. The number of ether oxygens (including phenoxy) is 1. The number of benzene rings is 1. The molecule has 2 amide bonds. The predicted octanol–water partition coefficient (Wildman–Crippen LogP) is 5.53. The van der Waals surface area contributed by atoms with Gasteiger partial charge in [-0.3, -0.25) is 0 Å². The summed E-state index contributed by atoms with van der Waals surface area (Å²) in [6.45, 7) is 10.3. The Morgan fingerprint density at radius 2 is 1.95 bits per heavy atom. The first-order valence-corrected chi connectivity index (χ1v) is 13.9. The fourth-order valence-corrected chi connectivity index (χ4v) is 5.37. The number of H-pyrrole nitrogens is 1. The molecule has 0 saturated carbocycles. The van der Waals surface area contributed by atoms with E-state index in [9.17, 15) is 4.79 Å². The molecule has 0 bridgehead atoms. The largest absolute Gasteiger partial charge is 0.379 e. The minimum absolute atomic E-state index is 0.0191. The number of rotatable bonds is 6. The zero-order valence-electron chi connectivity index (χ0n) is 23.4. The summed E-state index contributed by atoms with van der Waals surface area (Å²) in [4.78, 5) is 27.1. The third kappa shape index (κ3) is 5.73. The average Bonchev–Trinajstić information content (AvgIpc) is 3.42. The highest BCUT2D eigenvalue weighted by Crippen LogP contribution is 2.33. The Hall–Kier alpha value is -3.60. The van der Waals surface area contributed by atoms with Crippen LogP contribution in [0.5, 0.6) is 0 Å². The molecule has 39 heavy (non-hydrogen) atoms. The smallest absolute Gasteiger partial charge is 0.322 e. The summed E-state index contributed by atoms with van der Waals surface area (Å²) >= 11 is 0. The van der Waals surface area contributed by atoms with Crippen LogP contribution < -0.4 is 10.2 Å². The Balaban J connectivity index is 1.52. The van der Waals surface area contributed by atoms with Gasteiger partial charge in [0.25, 0.3) is 0 Å². The van der Waals surface area contributed by atoms with Gasteiger partial charge >= 0.3 is 6.03 Å². The molecule has 4 heterocycles. The van der Waals surface area contributed by atoms with E-state index in [2.05, 4.69) is 15.2 Å². The molecule has 5 rings (SSSR count). The van der Waals surface area contributed by atoms with Crippen LogP contribution in [0.2, 0.25) is 0 Å². The van der Waals surface area contributed by atoms with Crippen molar-refractivity contribution < 1.29 is 13.9 Å². The van der Waals surface area contributed by atoms with Crippen molar-refractivity contribution in [3.63, 3.8) is 0 Å². The highest BCUT2D eigenvalue weighted by molar-refractivity contribution is 5.94. The first kappa shape index (κ1) is 27.0. The second kappa shape index (κ2) is 11.3. The number of anilines is 2. The van der Waals surface area contributed by atoms with Crippen molar-refractivity contribution in [1.82, 2.24) is 29.5 Å². The van der Waals surface area contributed by atoms with E-state index in [1.54, 1.807) is 21.8 Å². The lowest BCUT2D eigenvalue weighted by molar-refractivity contribution is -0.0393. The molecule has 2 aliphatic rings. The summed E-state index contributed by atoms with van der Waals surface area (Å²) in [5, 5.41) is 7.85. The molecule has 1 saturated heterocycles. The molecule has 2 aliphatic heterocycles. The lowest BCUT2D eigenvalue weighted by atomic mass is 10.2. The molecular weight excluding hydrogens is 499 g/mol. The number of urea groups is 1. The standard InChI is InChI=1S/C28H39FN8O2/c1-18(2)37(19(3)4)28(38)32-23-17-36(25-9-6-7-14-39-25)33-26(23)27-30-21-15-20(29)24(16-22(21)31-27)35-11-8-10-34(5)12-13-35/h12-13,15-19,25H,6-11,14H2,1-5H3,(H,30,31)(H,32,38). The van der Waals surface area contributed by atoms with Gasteiger partial charge in [0.05, 0.1) is 28.6 Å². The molecule has 1 atom stereocenters. The molecule has 0 radical (unpaired) electrons. The number of fused-ring (bicyclic) bond motifs is 1. The lowest BCUT2D eigenvalue weighted by Crippen LogP contribution is -2.44. The Labute approximate surface area is 228 Å². The number of hydrogen-bond acceptors (Lipinski definition) is 6. The quantitative estimate of drug-likeness (QED) is 0.429. The van der Waals surface area contributed by atoms with Crippen LogP contribution >= 0.6 is 0 Å². The van der Waals surface area contributed by atoms with Crippen LogP contribution in [0.25, 0.3) is 22.6 Å². The highest BCUT2D eigenvalue weighted by Gasteiger charge is 2.26. The summed E-state index contributed by atoms with van der Waals surface area (Å²) in [6, 6.07) is 3.06. The number of halogens is 1. The Morgan fingerprint density at radius 1 is 1.15 bits per heavy atom. The summed E-state index contributed by atoms with van der Waals surface area (Å²) in [6.07, 6.45) is 9.27. The van der Waals surface area contributed by atoms with Gasteiger partial charge < -0.3 is 29.7 Å². The minimum Gasteiger partial charge on any atom is -0.379 e. The number of carbonyl (C=O) groups excluding carboxylic acids is 1. The van der Waals surface area contributed by atoms with Crippen LogP contribution in [0.3, 0.4) is 0 Å².